The molecule has 0 saturated heterocycles. The number of hydrogen-bond donors (Lipinski definition) is 1. The number of unbranched alkanes of at least 4 members (excludes halogenated alkanes) is 10. The lowest BCUT2D eigenvalue weighted by Gasteiger charge is -2.17. The van der Waals surface area contributed by atoms with Crippen molar-refractivity contribution in [2.24, 2.45) is 5.73 Å². The van der Waals surface area contributed by atoms with Gasteiger partial charge in [0.1, 0.15) is 0 Å². The zero-order valence-corrected chi connectivity index (χ0v) is 14.4. The van der Waals surface area contributed by atoms with Gasteiger partial charge in [0.05, 0.1) is 0 Å². The second-order valence-corrected chi connectivity index (χ2v) is 6.97. The highest BCUT2D eigenvalue weighted by Crippen LogP contribution is 2.13. The zero-order valence-electron chi connectivity index (χ0n) is 14.4. The van der Waals surface area contributed by atoms with Gasteiger partial charge in [0.25, 0.3) is 0 Å². The van der Waals surface area contributed by atoms with Crippen molar-refractivity contribution in [2.75, 3.05) is 0 Å². The number of allylic oxidation sites excluding steroid dienone is 2. The van der Waals surface area contributed by atoms with Gasteiger partial charge >= 0.3 is 0 Å². The SMILES string of the molecule is CCCCCC/C=C/CCCCCCCCC(C)(C)N. The van der Waals surface area contributed by atoms with E-state index in [2.05, 4.69) is 32.9 Å². The molecule has 0 radical (unpaired) electrons. The Balaban J connectivity index is 3.11. The summed E-state index contributed by atoms with van der Waals surface area (Å²) in [4.78, 5) is 0. The Labute approximate surface area is 128 Å². The smallest absolute Gasteiger partial charge is 0.00970 e. The molecule has 0 rings (SSSR count). The molecule has 0 bridgehead atoms. The minimum Gasteiger partial charge on any atom is -0.326 e. The van der Waals surface area contributed by atoms with Gasteiger partial charge in [0.2, 0.25) is 0 Å². The van der Waals surface area contributed by atoms with Crippen LogP contribution in [0.1, 0.15) is 104 Å². The van der Waals surface area contributed by atoms with Gasteiger partial charge < -0.3 is 5.73 Å². The van der Waals surface area contributed by atoms with E-state index in [4.69, 9.17) is 5.73 Å². The lowest BCUT2D eigenvalue weighted by atomic mass is 9.97. The fraction of sp³-hybridized carbons (Fsp3) is 0.895. The highest BCUT2D eigenvalue weighted by atomic mass is 14.7. The molecule has 120 valence electrons. The minimum atomic E-state index is 0.0297. The van der Waals surface area contributed by atoms with Crippen molar-refractivity contribution >= 4 is 0 Å². The van der Waals surface area contributed by atoms with E-state index >= 15 is 0 Å². The molecule has 0 aromatic heterocycles. The van der Waals surface area contributed by atoms with Crippen LogP contribution in [0.3, 0.4) is 0 Å². The lowest BCUT2D eigenvalue weighted by molar-refractivity contribution is 0.441. The Hall–Kier alpha value is -0.300. The minimum absolute atomic E-state index is 0.0297. The van der Waals surface area contributed by atoms with Crippen molar-refractivity contribution in [1.29, 1.82) is 0 Å². The van der Waals surface area contributed by atoms with Crippen LogP contribution >= 0.6 is 0 Å². The largest absolute Gasteiger partial charge is 0.326 e. The van der Waals surface area contributed by atoms with Crippen molar-refractivity contribution in [2.45, 2.75) is 110 Å². The standard InChI is InChI=1S/C19H39N/c1-4-5-6-7-8-9-10-11-12-13-14-15-16-17-18-19(2,3)20/h9-10H,4-8,11-18,20H2,1-3H3/b10-9+. The third kappa shape index (κ3) is 17.7. The van der Waals surface area contributed by atoms with Gasteiger partial charge in [-0.2, -0.15) is 0 Å². The maximum Gasteiger partial charge on any atom is 0.00970 e. The molecule has 0 heterocycles. The highest BCUT2D eigenvalue weighted by molar-refractivity contribution is 4.81. The van der Waals surface area contributed by atoms with Crippen LogP contribution in [-0.2, 0) is 0 Å². The van der Waals surface area contributed by atoms with Crippen LogP contribution in [0.15, 0.2) is 12.2 Å². The van der Waals surface area contributed by atoms with Gasteiger partial charge in [-0.3, -0.25) is 0 Å². The Bertz CT molecular complexity index is 212. The van der Waals surface area contributed by atoms with Gasteiger partial charge in [0.15, 0.2) is 0 Å². The second-order valence-electron chi connectivity index (χ2n) is 6.97. The van der Waals surface area contributed by atoms with Crippen molar-refractivity contribution in [3.63, 3.8) is 0 Å². The molecule has 20 heavy (non-hydrogen) atoms. The Morgan fingerprint density at radius 1 is 0.700 bits per heavy atom. The summed E-state index contributed by atoms with van der Waals surface area (Å²) in [6.07, 6.45) is 22.2. The van der Waals surface area contributed by atoms with E-state index in [0.717, 1.165) is 6.42 Å². The first kappa shape index (κ1) is 19.7. The monoisotopic (exact) mass is 281 g/mol. The second kappa shape index (κ2) is 13.7. The molecule has 0 atom stereocenters. The summed E-state index contributed by atoms with van der Waals surface area (Å²) in [5, 5.41) is 0. The first-order valence-corrected chi connectivity index (χ1v) is 9.00. The van der Waals surface area contributed by atoms with Crippen LogP contribution in [0.4, 0.5) is 0 Å². The molecule has 0 aromatic carbocycles. The Morgan fingerprint density at radius 3 is 1.65 bits per heavy atom. The molecule has 0 aliphatic rings. The average molecular weight is 282 g/mol. The molecule has 0 unspecified atom stereocenters. The maximum absolute atomic E-state index is 5.98. The molecule has 0 spiro atoms. The first-order chi connectivity index (χ1) is 9.56. The van der Waals surface area contributed by atoms with Crippen LogP contribution < -0.4 is 5.73 Å². The van der Waals surface area contributed by atoms with Gasteiger partial charge in [-0.1, -0.05) is 70.4 Å². The number of nitrogens with two attached hydrogens (primary N) is 1. The van der Waals surface area contributed by atoms with E-state index in [-0.39, 0.29) is 5.54 Å². The van der Waals surface area contributed by atoms with Gasteiger partial charge in [0, 0.05) is 5.54 Å². The molecular weight excluding hydrogens is 242 g/mol. The van der Waals surface area contributed by atoms with Crippen molar-refractivity contribution < 1.29 is 0 Å². The fourth-order valence-corrected chi connectivity index (χ4v) is 2.47. The number of hydrogen-bond acceptors (Lipinski definition) is 1. The molecule has 0 amide bonds. The van der Waals surface area contributed by atoms with E-state index in [1.165, 1.54) is 77.0 Å². The molecule has 0 aliphatic heterocycles. The van der Waals surface area contributed by atoms with Gasteiger partial charge in [-0.25, -0.2) is 0 Å². The van der Waals surface area contributed by atoms with E-state index in [1.807, 2.05) is 0 Å². The summed E-state index contributed by atoms with van der Waals surface area (Å²) < 4.78 is 0. The molecule has 1 heteroatoms. The average Bonchev–Trinajstić information content (AvgIpc) is 2.38. The van der Waals surface area contributed by atoms with Gasteiger partial charge in [-0.05, 0) is 46.0 Å². The van der Waals surface area contributed by atoms with Crippen LogP contribution in [0.5, 0.6) is 0 Å². The molecule has 0 aromatic rings. The zero-order chi connectivity index (χ0) is 15.1. The summed E-state index contributed by atoms with van der Waals surface area (Å²) in [5.41, 5.74) is 6.00. The molecule has 2 N–H and O–H groups in total. The van der Waals surface area contributed by atoms with Crippen molar-refractivity contribution in [1.82, 2.24) is 0 Å². The summed E-state index contributed by atoms with van der Waals surface area (Å²) in [6.45, 7) is 6.52. The predicted octanol–water partition coefficient (Wildman–Crippen LogP) is 6.37. The van der Waals surface area contributed by atoms with Crippen LogP contribution in [0, 0.1) is 0 Å². The van der Waals surface area contributed by atoms with E-state index in [0.29, 0.717) is 0 Å². The molecule has 0 aliphatic carbocycles. The van der Waals surface area contributed by atoms with Crippen molar-refractivity contribution in [3.8, 4) is 0 Å². The van der Waals surface area contributed by atoms with Crippen LogP contribution in [-0.4, -0.2) is 5.54 Å². The van der Waals surface area contributed by atoms with E-state index in [1.54, 1.807) is 0 Å². The molecule has 0 saturated carbocycles. The normalized spacial score (nSPS) is 12.4. The fourth-order valence-electron chi connectivity index (χ4n) is 2.47. The Kier molecular flexibility index (Phi) is 13.5. The number of rotatable bonds is 14. The van der Waals surface area contributed by atoms with E-state index < -0.39 is 0 Å². The van der Waals surface area contributed by atoms with E-state index in [9.17, 15) is 0 Å². The summed E-state index contributed by atoms with van der Waals surface area (Å²) in [6, 6.07) is 0. The van der Waals surface area contributed by atoms with Gasteiger partial charge in [-0.15, -0.1) is 0 Å². The highest BCUT2D eigenvalue weighted by Gasteiger charge is 2.08. The third-order valence-corrected chi connectivity index (χ3v) is 3.83. The molecule has 1 nitrogen and oxygen atoms in total. The molecule has 0 fully saturated rings. The molecular formula is C19H39N. The lowest BCUT2D eigenvalue weighted by Crippen LogP contribution is -2.31. The summed E-state index contributed by atoms with van der Waals surface area (Å²) >= 11 is 0. The van der Waals surface area contributed by atoms with Crippen LogP contribution in [0.25, 0.3) is 0 Å². The quantitative estimate of drug-likeness (QED) is 0.290. The van der Waals surface area contributed by atoms with Crippen molar-refractivity contribution in [3.05, 3.63) is 12.2 Å². The Morgan fingerprint density at radius 2 is 1.15 bits per heavy atom. The maximum atomic E-state index is 5.98. The summed E-state index contributed by atoms with van der Waals surface area (Å²) in [5.74, 6) is 0. The summed E-state index contributed by atoms with van der Waals surface area (Å²) in [7, 11) is 0. The third-order valence-electron chi connectivity index (χ3n) is 3.83. The topological polar surface area (TPSA) is 26.0 Å². The predicted molar refractivity (Wildman–Crippen MR) is 93.1 cm³/mol. The van der Waals surface area contributed by atoms with Crippen LogP contribution in [0.2, 0.25) is 0 Å². The first-order valence-electron chi connectivity index (χ1n) is 9.00.